The molecule has 0 aliphatic carbocycles. The number of carbonyl (C=O) groups excluding carboxylic acids is 3. The molecule has 0 fully saturated rings. The van der Waals surface area contributed by atoms with Crippen molar-refractivity contribution in [3.8, 4) is 0 Å². The molecule has 1 N–H and O–H groups in total. The monoisotopic (exact) mass is 421 g/mol. The van der Waals surface area contributed by atoms with Crippen LogP contribution in [0.3, 0.4) is 0 Å². The lowest BCUT2D eigenvalue weighted by atomic mass is 10.1. The van der Waals surface area contributed by atoms with Gasteiger partial charge in [-0.1, -0.05) is 11.6 Å². The Morgan fingerprint density at radius 1 is 1.04 bits per heavy atom. The molecule has 0 aromatic heterocycles. The van der Waals surface area contributed by atoms with Gasteiger partial charge in [-0.05, 0) is 36.4 Å². The molecule has 0 unspecified atom stereocenters. The Hall–Kier alpha value is -2.75. The number of nitrogens with one attached hydrogen (secondary N) is 1. The summed E-state index contributed by atoms with van der Waals surface area (Å²) < 4.78 is 25.6. The standard InChI is InChI=1S/C18H16ClN3O5S/c1-21(2)28(26,27)11-5-7-15(19)14(9-11)16(23)20-10-4-6-12-13(8-10)18(25)22(3)17(12)24/h4-9H,1-3H3,(H,20,23). The van der Waals surface area contributed by atoms with Gasteiger partial charge in [-0.3, -0.25) is 19.3 Å². The van der Waals surface area contributed by atoms with Crippen molar-refractivity contribution < 1.29 is 22.8 Å². The van der Waals surface area contributed by atoms with E-state index in [1.807, 2.05) is 0 Å². The van der Waals surface area contributed by atoms with Gasteiger partial charge in [-0.15, -0.1) is 0 Å². The van der Waals surface area contributed by atoms with Gasteiger partial charge in [0, 0.05) is 26.8 Å². The lowest BCUT2D eigenvalue weighted by Crippen LogP contribution is -2.24. The minimum Gasteiger partial charge on any atom is -0.322 e. The number of rotatable bonds is 4. The molecule has 0 atom stereocenters. The molecule has 146 valence electrons. The van der Waals surface area contributed by atoms with Crippen LogP contribution in [0.15, 0.2) is 41.3 Å². The minimum atomic E-state index is -3.74. The van der Waals surface area contributed by atoms with Crippen molar-refractivity contribution in [1.29, 1.82) is 0 Å². The van der Waals surface area contributed by atoms with E-state index in [2.05, 4.69) is 5.32 Å². The molecule has 0 saturated heterocycles. The normalized spacial score (nSPS) is 13.8. The van der Waals surface area contributed by atoms with E-state index in [1.54, 1.807) is 0 Å². The number of carbonyl (C=O) groups is 3. The van der Waals surface area contributed by atoms with Crippen molar-refractivity contribution in [2.75, 3.05) is 26.5 Å². The molecule has 0 bridgehead atoms. The summed E-state index contributed by atoms with van der Waals surface area (Å²) in [6.45, 7) is 0. The molecule has 10 heteroatoms. The van der Waals surface area contributed by atoms with Crippen LogP contribution in [0.1, 0.15) is 31.1 Å². The Balaban J connectivity index is 1.93. The van der Waals surface area contributed by atoms with E-state index >= 15 is 0 Å². The van der Waals surface area contributed by atoms with E-state index in [0.29, 0.717) is 0 Å². The predicted molar refractivity (Wildman–Crippen MR) is 103 cm³/mol. The van der Waals surface area contributed by atoms with Crippen molar-refractivity contribution in [2.45, 2.75) is 4.90 Å². The summed E-state index contributed by atoms with van der Waals surface area (Å²) in [7, 11) is 0.388. The van der Waals surface area contributed by atoms with Gasteiger partial charge in [0.2, 0.25) is 10.0 Å². The van der Waals surface area contributed by atoms with Crippen LogP contribution in [0.5, 0.6) is 0 Å². The maximum atomic E-state index is 12.6. The third kappa shape index (κ3) is 3.28. The number of anilines is 1. The Morgan fingerprint density at radius 2 is 1.68 bits per heavy atom. The van der Waals surface area contributed by atoms with E-state index < -0.39 is 27.7 Å². The van der Waals surface area contributed by atoms with E-state index in [4.69, 9.17) is 11.6 Å². The summed E-state index contributed by atoms with van der Waals surface area (Å²) in [5.41, 5.74) is 0.671. The fourth-order valence-electron chi connectivity index (χ4n) is 2.69. The molecule has 0 radical (unpaired) electrons. The van der Waals surface area contributed by atoms with Gasteiger partial charge in [0.05, 0.1) is 26.6 Å². The first-order valence-corrected chi connectivity index (χ1v) is 9.85. The zero-order valence-corrected chi connectivity index (χ0v) is 16.8. The highest BCUT2D eigenvalue weighted by molar-refractivity contribution is 7.89. The van der Waals surface area contributed by atoms with E-state index in [9.17, 15) is 22.8 Å². The van der Waals surface area contributed by atoms with Gasteiger partial charge in [0.1, 0.15) is 0 Å². The highest BCUT2D eigenvalue weighted by Gasteiger charge is 2.33. The average Bonchev–Trinajstić information content (AvgIpc) is 2.85. The lowest BCUT2D eigenvalue weighted by molar-refractivity contribution is 0.0692. The molecule has 3 amide bonds. The summed E-state index contributed by atoms with van der Waals surface area (Å²) in [4.78, 5) is 37.6. The molecule has 28 heavy (non-hydrogen) atoms. The van der Waals surface area contributed by atoms with Crippen LogP contribution in [0.25, 0.3) is 0 Å². The first kappa shape index (κ1) is 20.0. The summed E-state index contributed by atoms with van der Waals surface area (Å²) >= 11 is 6.07. The smallest absolute Gasteiger partial charge is 0.261 e. The van der Waals surface area contributed by atoms with Crippen LogP contribution in [-0.2, 0) is 10.0 Å². The second kappa shape index (κ2) is 7.01. The summed E-state index contributed by atoms with van der Waals surface area (Å²) in [5.74, 6) is -1.53. The number of imide groups is 1. The fraction of sp³-hybridized carbons (Fsp3) is 0.167. The molecule has 8 nitrogen and oxygen atoms in total. The minimum absolute atomic E-state index is 0.0374. The molecule has 0 spiro atoms. The molecule has 0 saturated carbocycles. The first-order chi connectivity index (χ1) is 13.0. The maximum absolute atomic E-state index is 12.6. The number of hydrogen-bond acceptors (Lipinski definition) is 5. The Morgan fingerprint density at radius 3 is 2.32 bits per heavy atom. The highest BCUT2D eigenvalue weighted by atomic mass is 35.5. The maximum Gasteiger partial charge on any atom is 0.261 e. The van der Waals surface area contributed by atoms with E-state index in [-0.39, 0.29) is 32.3 Å². The van der Waals surface area contributed by atoms with Crippen molar-refractivity contribution >= 4 is 45.0 Å². The number of benzene rings is 2. The van der Waals surface area contributed by atoms with Crippen molar-refractivity contribution in [2.24, 2.45) is 0 Å². The molecule has 3 rings (SSSR count). The van der Waals surface area contributed by atoms with Crippen LogP contribution in [0, 0.1) is 0 Å². The summed E-state index contributed by atoms with van der Waals surface area (Å²) in [5, 5.41) is 2.64. The number of amides is 3. The molecule has 2 aromatic rings. The molecular formula is C18H16ClN3O5S. The van der Waals surface area contributed by atoms with Gasteiger partial charge in [0.15, 0.2) is 0 Å². The Bertz CT molecular complexity index is 1130. The second-order valence-corrected chi connectivity index (χ2v) is 8.87. The number of hydrogen-bond donors (Lipinski definition) is 1. The molecule has 1 heterocycles. The van der Waals surface area contributed by atoms with Crippen LogP contribution < -0.4 is 5.32 Å². The van der Waals surface area contributed by atoms with Crippen molar-refractivity contribution in [3.05, 3.63) is 58.1 Å². The zero-order chi connectivity index (χ0) is 20.8. The number of fused-ring (bicyclic) bond motifs is 1. The quantitative estimate of drug-likeness (QED) is 0.761. The molecule has 2 aromatic carbocycles. The van der Waals surface area contributed by atoms with Crippen LogP contribution in [0.4, 0.5) is 5.69 Å². The van der Waals surface area contributed by atoms with Crippen molar-refractivity contribution in [3.63, 3.8) is 0 Å². The number of halogens is 1. The Kier molecular flexibility index (Phi) is 5.00. The van der Waals surface area contributed by atoms with Crippen molar-refractivity contribution in [1.82, 2.24) is 9.21 Å². The highest BCUT2D eigenvalue weighted by Crippen LogP contribution is 2.26. The number of nitrogens with zero attached hydrogens (tertiary/aromatic N) is 2. The van der Waals surface area contributed by atoms with Crippen LogP contribution in [-0.4, -0.2) is 56.5 Å². The topological polar surface area (TPSA) is 104 Å². The van der Waals surface area contributed by atoms with Gasteiger partial charge in [-0.25, -0.2) is 12.7 Å². The summed E-state index contributed by atoms with van der Waals surface area (Å²) in [6, 6.07) is 8.14. The van der Waals surface area contributed by atoms with Gasteiger partial charge in [-0.2, -0.15) is 0 Å². The third-order valence-corrected chi connectivity index (χ3v) is 6.45. The lowest BCUT2D eigenvalue weighted by Gasteiger charge is -2.13. The van der Waals surface area contributed by atoms with Crippen LogP contribution >= 0.6 is 11.6 Å². The molecule has 1 aliphatic heterocycles. The molecular weight excluding hydrogens is 406 g/mol. The fourth-order valence-corrected chi connectivity index (χ4v) is 3.82. The van der Waals surface area contributed by atoms with Gasteiger partial charge < -0.3 is 5.32 Å². The third-order valence-electron chi connectivity index (χ3n) is 4.31. The summed E-state index contributed by atoms with van der Waals surface area (Å²) in [6.07, 6.45) is 0. The second-order valence-electron chi connectivity index (χ2n) is 6.31. The first-order valence-electron chi connectivity index (χ1n) is 8.04. The predicted octanol–water partition coefficient (Wildman–Crippen LogP) is 2.07. The van der Waals surface area contributed by atoms with E-state index in [1.165, 1.54) is 57.5 Å². The van der Waals surface area contributed by atoms with Crippen LogP contribution in [0.2, 0.25) is 5.02 Å². The molecule has 1 aliphatic rings. The largest absolute Gasteiger partial charge is 0.322 e. The Labute approximate surface area is 166 Å². The van der Waals surface area contributed by atoms with Gasteiger partial charge >= 0.3 is 0 Å². The van der Waals surface area contributed by atoms with E-state index in [0.717, 1.165) is 9.21 Å². The SMILES string of the molecule is CN1C(=O)c2ccc(NC(=O)c3cc(S(=O)(=O)N(C)C)ccc3Cl)cc2C1=O. The average molecular weight is 422 g/mol. The number of sulfonamides is 1. The zero-order valence-electron chi connectivity index (χ0n) is 15.2. The van der Waals surface area contributed by atoms with Gasteiger partial charge in [0.25, 0.3) is 17.7 Å².